The van der Waals surface area contributed by atoms with Gasteiger partial charge in [-0.3, -0.25) is 9.91 Å². The van der Waals surface area contributed by atoms with Crippen LogP contribution in [0.1, 0.15) is 40.7 Å². The Balaban J connectivity index is 1.19. The topological polar surface area (TPSA) is 28.1 Å². The molecule has 2 aliphatic rings. The fraction of sp³-hybridized carbons (Fsp3) is 0.281. The molecular weight excluding hydrogens is 442 g/mol. The van der Waals surface area contributed by atoms with Crippen LogP contribution in [0, 0.1) is 6.92 Å². The molecule has 4 aromatic rings. The number of methoxy groups -OCH3 is 1. The quantitative estimate of drug-likeness (QED) is 0.335. The molecule has 2 aliphatic heterocycles. The van der Waals surface area contributed by atoms with Crippen molar-refractivity contribution in [3.05, 3.63) is 113 Å². The lowest BCUT2D eigenvalue weighted by Gasteiger charge is -2.39. The van der Waals surface area contributed by atoms with Crippen LogP contribution in [-0.2, 0) is 13.1 Å². The van der Waals surface area contributed by atoms with Crippen molar-refractivity contribution in [3.63, 3.8) is 0 Å². The van der Waals surface area contributed by atoms with Crippen molar-refractivity contribution in [1.29, 1.82) is 0 Å². The molecule has 0 atom stereocenters. The first-order valence-electron chi connectivity index (χ1n) is 13.0. The largest absolute Gasteiger partial charge is 0.497 e. The van der Waals surface area contributed by atoms with Gasteiger partial charge in [0.05, 0.1) is 19.4 Å². The number of fused-ring (bicyclic) bond motifs is 2. The molecule has 0 spiro atoms. The predicted molar refractivity (Wildman–Crippen MR) is 148 cm³/mol. The molecule has 0 radical (unpaired) electrons. The average Bonchev–Trinajstić information content (AvgIpc) is 2.92. The maximum Gasteiger partial charge on any atom is 0.118 e. The molecule has 0 bridgehead atoms. The monoisotopic (exact) mass is 475 g/mol. The summed E-state index contributed by atoms with van der Waals surface area (Å²) >= 11 is 0. The first-order chi connectivity index (χ1) is 17.7. The second-order valence-corrected chi connectivity index (χ2v) is 10.1. The molecule has 0 aromatic heterocycles. The van der Waals surface area contributed by atoms with E-state index in [9.17, 15) is 0 Å². The predicted octanol–water partition coefficient (Wildman–Crippen LogP) is 6.39. The lowest BCUT2D eigenvalue weighted by Crippen LogP contribution is -2.44. The molecule has 2 heterocycles. The number of ether oxygens (including phenoxy) is 1. The van der Waals surface area contributed by atoms with Crippen LogP contribution >= 0.6 is 0 Å². The Morgan fingerprint density at radius 3 is 2.42 bits per heavy atom. The summed E-state index contributed by atoms with van der Waals surface area (Å²) in [6.07, 6.45) is 2.27. The number of benzene rings is 4. The van der Waals surface area contributed by atoms with E-state index in [1.54, 1.807) is 7.11 Å². The Bertz CT molecular complexity index is 1400. The van der Waals surface area contributed by atoms with Crippen molar-refractivity contribution < 1.29 is 4.74 Å². The van der Waals surface area contributed by atoms with Crippen LogP contribution in [0.2, 0.25) is 0 Å². The molecule has 4 aromatic carbocycles. The highest BCUT2D eigenvalue weighted by Gasteiger charge is 2.28. The maximum atomic E-state index is 5.38. The van der Waals surface area contributed by atoms with E-state index < -0.39 is 0 Å². The van der Waals surface area contributed by atoms with E-state index in [0.29, 0.717) is 6.04 Å². The molecule has 4 heteroatoms. The van der Waals surface area contributed by atoms with Crippen molar-refractivity contribution in [2.75, 3.05) is 20.2 Å². The fourth-order valence-electron chi connectivity index (χ4n) is 5.62. The van der Waals surface area contributed by atoms with E-state index in [1.165, 1.54) is 33.0 Å². The van der Waals surface area contributed by atoms with Gasteiger partial charge in [0.1, 0.15) is 5.75 Å². The molecular formula is C32H33N3O. The van der Waals surface area contributed by atoms with Gasteiger partial charge in [0.25, 0.3) is 0 Å². The molecule has 182 valence electrons. The van der Waals surface area contributed by atoms with Gasteiger partial charge in [-0.1, -0.05) is 60.2 Å². The van der Waals surface area contributed by atoms with Gasteiger partial charge in [0.2, 0.25) is 0 Å². The van der Waals surface area contributed by atoms with E-state index in [4.69, 9.17) is 9.84 Å². The molecule has 6 rings (SSSR count). The number of hydrogen-bond donors (Lipinski definition) is 0. The second-order valence-electron chi connectivity index (χ2n) is 10.1. The molecule has 36 heavy (non-hydrogen) atoms. The minimum atomic E-state index is 0.458. The van der Waals surface area contributed by atoms with E-state index in [2.05, 4.69) is 89.6 Å². The van der Waals surface area contributed by atoms with E-state index in [1.807, 2.05) is 12.1 Å². The lowest BCUT2D eigenvalue weighted by molar-refractivity contribution is 0.100. The first kappa shape index (κ1) is 22.8. The molecule has 1 saturated heterocycles. The normalized spacial score (nSPS) is 16.6. The van der Waals surface area contributed by atoms with Crippen molar-refractivity contribution in [2.45, 2.75) is 38.9 Å². The summed E-state index contributed by atoms with van der Waals surface area (Å²) in [6, 6.07) is 31.0. The number of piperidine rings is 1. The summed E-state index contributed by atoms with van der Waals surface area (Å²) in [5.74, 6) is 0.870. The van der Waals surface area contributed by atoms with Crippen LogP contribution in [0.25, 0.3) is 10.8 Å². The van der Waals surface area contributed by atoms with Crippen molar-refractivity contribution in [2.24, 2.45) is 5.10 Å². The molecule has 0 N–H and O–H groups in total. The van der Waals surface area contributed by atoms with Gasteiger partial charge in [-0.2, -0.15) is 5.10 Å². The van der Waals surface area contributed by atoms with E-state index >= 15 is 0 Å². The standard InChI is InChI=1S/C32H33N3O/c1-23-7-14-31-28(19-23)22-35(33-32(31)26-10-12-30(36-2)13-11-26)29-15-17-34(18-16-29)21-24-8-9-25-5-3-4-6-27(25)20-24/h3-14,19-20,29H,15-18,21-22H2,1-2H3. The molecule has 0 amide bonds. The smallest absolute Gasteiger partial charge is 0.118 e. The number of rotatable bonds is 5. The highest BCUT2D eigenvalue weighted by atomic mass is 16.5. The number of aryl methyl sites for hydroxylation is 1. The van der Waals surface area contributed by atoms with E-state index in [-0.39, 0.29) is 0 Å². The summed E-state index contributed by atoms with van der Waals surface area (Å²) in [5.41, 5.74) is 7.52. The molecule has 0 aliphatic carbocycles. The fourth-order valence-corrected chi connectivity index (χ4v) is 5.62. The number of hydrogen-bond acceptors (Lipinski definition) is 4. The molecule has 0 unspecified atom stereocenters. The Labute approximate surface area is 213 Å². The first-order valence-corrected chi connectivity index (χ1v) is 13.0. The number of likely N-dealkylation sites (tertiary alicyclic amines) is 1. The van der Waals surface area contributed by atoms with Crippen LogP contribution < -0.4 is 4.74 Å². The van der Waals surface area contributed by atoms with Gasteiger partial charge in [-0.25, -0.2) is 0 Å². The maximum absolute atomic E-state index is 5.38. The molecule has 0 saturated carbocycles. The summed E-state index contributed by atoms with van der Waals surface area (Å²) < 4.78 is 5.38. The number of hydrazone groups is 1. The van der Waals surface area contributed by atoms with Crippen molar-refractivity contribution in [3.8, 4) is 5.75 Å². The molecule has 4 nitrogen and oxygen atoms in total. The van der Waals surface area contributed by atoms with Crippen molar-refractivity contribution in [1.82, 2.24) is 9.91 Å². The zero-order valence-electron chi connectivity index (χ0n) is 21.2. The highest BCUT2D eigenvalue weighted by molar-refractivity contribution is 6.14. The van der Waals surface area contributed by atoms with Crippen LogP contribution in [-0.4, -0.2) is 41.9 Å². The van der Waals surface area contributed by atoms with Crippen molar-refractivity contribution >= 4 is 16.5 Å². The third kappa shape index (κ3) is 4.61. The minimum absolute atomic E-state index is 0.458. The van der Waals surface area contributed by atoms with Crippen LogP contribution in [0.5, 0.6) is 5.75 Å². The minimum Gasteiger partial charge on any atom is -0.497 e. The summed E-state index contributed by atoms with van der Waals surface area (Å²) in [4.78, 5) is 2.59. The van der Waals surface area contributed by atoms with Gasteiger partial charge in [0.15, 0.2) is 0 Å². The third-order valence-corrected chi connectivity index (χ3v) is 7.64. The van der Waals surface area contributed by atoms with Gasteiger partial charge in [0, 0.05) is 36.8 Å². The average molecular weight is 476 g/mol. The van der Waals surface area contributed by atoms with Gasteiger partial charge < -0.3 is 4.74 Å². The Morgan fingerprint density at radius 2 is 1.64 bits per heavy atom. The number of nitrogens with zero attached hydrogens (tertiary/aromatic N) is 3. The zero-order chi connectivity index (χ0) is 24.5. The lowest BCUT2D eigenvalue weighted by atomic mass is 9.93. The van der Waals surface area contributed by atoms with Crippen LogP contribution in [0.4, 0.5) is 0 Å². The highest BCUT2D eigenvalue weighted by Crippen LogP contribution is 2.29. The van der Waals surface area contributed by atoms with Crippen LogP contribution in [0.15, 0.2) is 90.0 Å². The summed E-state index contributed by atoms with van der Waals surface area (Å²) in [5, 5.41) is 10.2. The zero-order valence-corrected chi connectivity index (χ0v) is 21.2. The summed E-state index contributed by atoms with van der Waals surface area (Å²) in [6.45, 7) is 6.27. The molecule has 1 fully saturated rings. The van der Waals surface area contributed by atoms with E-state index in [0.717, 1.165) is 56.0 Å². The van der Waals surface area contributed by atoms with Gasteiger partial charge in [-0.05, 0) is 72.0 Å². The Kier molecular flexibility index (Phi) is 6.20. The second kappa shape index (κ2) is 9.79. The SMILES string of the molecule is COc1ccc(C2=NN(C3CCN(Cc4ccc5ccccc5c4)CC3)Cc3cc(C)ccc32)cc1. The van der Waals surface area contributed by atoms with Crippen LogP contribution in [0.3, 0.4) is 0 Å². The third-order valence-electron chi connectivity index (χ3n) is 7.64. The van der Waals surface area contributed by atoms with Gasteiger partial charge >= 0.3 is 0 Å². The Hall–Kier alpha value is -3.63. The van der Waals surface area contributed by atoms with Gasteiger partial charge in [-0.15, -0.1) is 0 Å². The summed E-state index contributed by atoms with van der Waals surface area (Å²) in [7, 11) is 1.71. The Morgan fingerprint density at radius 1 is 0.861 bits per heavy atom.